The monoisotopic (exact) mass is 289 g/mol. The fraction of sp³-hybridized carbons (Fsp3) is 0.700. The van der Waals surface area contributed by atoms with Gasteiger partial charge >= 0.3 is 0 Å². The molecule has 1 heteroatoms. The minimum atomic E-state index is 0.959. The summed E-state index contributed by atoms with van der Waals surface area (Å²) in [5.41, 5.74) is 8.24. The van der Waals surface area contributed by atoms with Crippen molar-refractivity contribution in [1.29, 1.82) is 0 Å². The third-order valence-electron chi connectivity index (χ3n) is 4.35. The van der Waals surface area contributed by atoms with E-state index in [1.54, 1.807) is 0 Å². The number of hydrogen-bond acceptors (Lipinski definition) is 1. The number of nitrogens with two attached hydrogens (primary N) is 1. The summed E-state index contributed by atoms with van der Waals surface area (Å²) in [6.07, 6.45) is 18.0. The van der Waals surface area contributed by atoms with E-state index in [0.29, 0.717) is 0 Å². The highest BCUT2D eigenvalue weighted by Gasteiger charge is 1.98. The molecule has 1 rings (SSSR count). The summed E-state index contributed by atoms with van der Waals surface area (Å²) in [4.78, 5) is 0. The molecule has 1 aromatic rings. The number of rotatable bonds is 13. The van der Waals surface area contributed by atoms with Crippen LogP contribution in [0.15, 0.2) is 24.3 Å². The molecule has 0 radical (unpaired) electrons. The highest BCUT2D eigenvalue weighted by atomic mass is 14.6. The second-order valence-corrected chi connectivity index (χ2v) is 6.34. The number of nitrogen functional groups attached to an aromatic ring is 1. The van der Waals surface area contributed by atoms with Crippen molar-refractivity contribution >= 4 is 5.69 Å². The molecule has 0 aliphatic rings. The first-order valence-corrected chi connectivity index (χ1v) is 9.18. The summed E-state index contributed by atoms with van der Waals surface area (Å²) in [7, 11) is 0. The molecule has 0 unspecified atom stereocenters. The minimum Gasteiger partial charge on any atom is -0.399 e. The van der Waals surface area contributed by atoms with E-state index in [1.165, 1.54) is 82.6 Å². The molecule has 0 heterocycles. The average Bonchev–Trinajstić information content (AvgIpc) is 2.50. The van der Waals surface area contributed by atoms with Crippen LogP contribution in [0.1, 0.15) is 89.5 Å². The molecular formula is C20H35N. The zero-order chi connectivity index (χ0) is 15.2. The van der Waals surface area contributed by atoms with Gasteiger partial charge in [0.2, 0.25) is 0 Å². The Balaban J connectivity index is 1.84. The standard InChI is InChI=1S/C20H35N/c1-2-3-4-5-6-7-8-9-10-11-12-13-16-19-17-14-15-18-20(19)21/h14-15,17-18H,2-13,16,21H2,1H3. The molecule has 21 heavy (non-hydrogen) atoms. The van der Waals surface area contributed by atoms with Gasteiger partial charge in [-0.25, -0.2) is 0 Å². The SMILES string of the molecule is CCCCCCCCCCCCCCc1ccccc1N. The van der Waals surface area contributed by atoms with Crippen molar-refractivity contribution in [3.63, 3.8) is 0 Å². The molecule has 0 aliphatic heterocycles. The van der Waals surface area contributed by atoms with E-state index in [1.807, 2.05) is 12.1 Å². The number of benzene rings is 1. The summed E-state index contributed by atoms with van der Waals surface area (Å²) in [6, 6.07) is 8.27. The summed E-state index contributed by atoms with van der Waals surface area (Å²) in [5.74, 6) is 0. The van der Waals surface area contributed by atoms with Crippen LogP contribution in [-0.2, 0) is 6.42 Å². The number of anilines is 1. The Labute approximate surface area is 132 Å². The van der Waals surface area contributed by atoms with Crippen LogP contribution in [-0.4, -0.2) is 0 Å². The maximum atomic E-state index is 5.96. The van der Waals surface area contributed by atoms with Gasteiger partial charge in [-0.15, -0.1) is 0 Å². The third kappa shape index (κ3) is 9.55. The van der Waals surface area contributed by atoms with E-state index in [4.69, 9.17) is 5.73 Å². The van der Waals surface area contributed by atoms with Crippen molar-refractivity contribution in [3.8, 4) is 0 Å². The zero-order valence-corrected chi connectivity index (χ0v) is 14.1. The van der Waals surface area contributed by atoms with Crippen molar-refractivity contribution in [2.45, 2.75) is 90.4 Å². The summed E-state index contributed by atoms with van der Waals surface area (Å²) >= 11 is 0. The van der Waals surface area contributed by atoms with Gasteiger partial charge in [0, 0.05) is 5.69 Å². The van der Waals surface area contributed by atoms with E-state index >= 15 is 0 Å². The first kappa shape index (κ1) is 18.1. The van der Waals surface area contributed by atoms with Crippen molar-refractivity contribution in [3.05, 3.63) is 29.8 Å². The van der Waals surface area contributed by atoms with E-state index in [-0.39, 0.29) is 0 Å². The summed E-state index contributed by atoms with van der Waals surface area (Å²) in [5, 5.41) is 0. The van der Waals surface area contributed by atoms with Crippen molar-refractivity contribution in [1.82, 2.24) is 0 Å². The van der Waals surface area contributed by atoms with Crippen LogP contribution in [0.5, 0.6) is 0 Å². The van der Waals surface area contributed by atoms with Gasteiger partial charge in [-0.1, -0.05) is 95.8 Å². The Hall–Kier alpha value is -0.980. The molecule has 1 nitrogen and oxygen atoms in total. The lowest BCUT2D eigenvalue weighted by atomic mass is 10.0. The van der Waals surface area contributed by atoms with Gasteiger partial charge in [0.15, 0.2) is 0 Å². The average molecular weight is 290 g/mol. The van der Waals surface area contributed by atoms with Crippen molar-refractivity contribution < 1.29 is 0 Å². The van der Waals surface area contributed by atoms with Crippen molar-refractivity contribution in [2.24, 2.45) is 0 Å². The Morgan fingerprint density at radius 3 is 1.67 bits per heavy atom. The van der Waals surface area contributed by atoms with Gasteiger partial charge in [0.1, 0.15) is 0 Å². The smallest absolute Gasteiger partial charge is 0.0346 e. The highest BCUT2D eigenvalue weighted by molar-refractivity contribution is 5.46. The van der Waals surface area contributed by atoms with Gasteiger partial charge in [-0.05, 0) is 24.5 Å². The van der Waals surface area contributed by atoms with Crippen LogP contribution < -0.4 is 5.73 Å². The lowest BCUT2D eigenvalue weighted by Gasteiger charge is -2.05. The normalized spacial score (nSPS) is 10.9. The molecule has 2 N–H and O–H groups in total. The molecule has 0 bridgehead atoms. The van der Waals surface area contributed by atoms with E-state index < -0.39 is 0 Å². The third-order valence-corrected chi connectivity index (χ3v) is 4.35. The summed E-state index contributed by atoms with van der Waals surface area (Å²) < 4.78 is 0. The predicted octanol–water partition coefficient (Wildman–Crippen LogP) is 6.51. The minimum absolute atomic E-state index is 0.959. The summed E-state index contributed by atoms with van der Waals surface area (Å²) in [6.45, 7) is 2.28. The molecule has 0 saturated carbocycles. The second-order valence-electron chi connectivity index (χ2n) is 6.34. The van der Waals surface area contributed by atoms with Crippen LogP contribution in [0.25, 0.3) is 0 Å². The highest BCUT2D eigenvalue weighted by Crippen LogP contribution is 2.16. The number of aryl methyl sites for hydroxylation is 1. The van der Waals surface area contributed by atoms with E-state index in [2.05, 4.69) is 19.1 Å². The quantitative estimate of drug-likeness (QED) is 0.325. The van der Waals surface area contributed by atoms with Gasteiger partial charge in [-0.3, -0.25) is 0 Å². The van der Waals surface area contributed by atoms with Gasteiger partial charge in [0.25, 0.3) is 0 Å². The van der Waals surface area contributed by atoms with Gasteiger partial charge in [0.05, 0.1) is 0 Å². The van der Waals surface area contributed by atoms with Crippen LogP contribution in [0.3, 0.4) is 0 Å². The molecule has 0 atom stereocenters. The first-order valence-electron chi connectivity index (χ1n) is 9.18. The van der Waals surface area contributed by atoms with Crippen LogP contribution in [0.2, 0.25) is 0 Å². The number of unbranched alkanes of at least 4 members (excludes halogenated alkanes) is 11. The predicted molar refractivity (Wildman–Crippen MR) is 95.6 cm³/mol. The molecule has 1 aromatic carbocycles. The zero-order valence-electron chi connectivity index (χ0n) is 14.1. The molecule has 0 aliphatic carbocycles. The Kier molecular flexibility index (Phi) is 11.0. The van der Waals surface area contributed by atoms with E-state index in [0.717, 1.165) is 12.1 Å². The van der Waals surface area contributed by atoms with Gasteiger partial charge < -0.3 is 5.73 Å². The van der Waals surface area contributed by atoms with Crippen LogP contribution in [0.4, 0.5) is 5.69 Å². The molecule has 0 aromatic heterocycles. The van der Waals surface area contributed by atoms with Crippen LogP contribution >= 0.6 is 0 Å². The molecular weight excluding hydrogens is 254 g/mol. The lowest BCUT2D eigenvalue weighted by molar-refractivity contribution is 0.544. The first-order chi connectivity index (χ1) is 10.3. The molecule has 0 spiro atoms. The number of hydrogen-bond donors (Lipinski definition) is 1. The molecule has 0 fully saturated rings. The maximum Gasteiger partial charge on any atom is 0.0346 e. The van der Waals surface area contributed by atoms with E-state index in [9.17, 15) is 0 Å². The fourth-order valence-electron chi connectivity index (χ4n) is 2.92. The number of para-hydroxylation sites is 1. The second kappa shape index (κ2) is 12.7. The van der Waals surface area contributed by atoms with Crippen LogP contribution in [0, 0.1) is 0 Å². The molecule has 0 saturated heterocycles. The fourth-order valence-corrected chi connectivity index (χ4v) is 2.92. The Morgan fingerprint density at radius 1 is 0.667 bits per heavy atom. The Bertz CT molecular complexity index is 345. The maximum absolute atomic E-state index is 5.96. The Morgan fingerprint density at radius 2 is 1.14 bits per heavy atom. The molecule has 120 valence electrons. The lowest BCUT2D eigenvalue weighted by Crippen LogP contribution is -1.93. The largest absolute Gasteiger partial charge is 0.399 e. The topological polar surface area (TPSA) is 26.0 Å². The van der Waals surface area contributed by atoms with Gasteiger partial charge in [-0.2, -0.15) is 0 Å². The van der Waals surface area contributed by atoms with Crippen molar-refractivity contribution in [2.75, 3.05) is 5.73 Å². The molecule has 0 amide bonds.